The van der Waals surface area contributed by atoms with Crippen LogP contribution in [-0.2, 0) is 16.1 Å². The van der Waals surface area contributed by atoms with Gasteiger partial charge in [0.25, 0.3) is 0 Å². The van der Waals surface area contributed by atoms with Crippen LogP contribution in [0.3, 0.4) is 0 Å². The number of benzene rings is 2. The number of para-hydroxylation sites is 1. The summed E-state index contributed by atoms with van der Waals surface area (Å²) in [6, 6.07) is 12.5. The molecule has 2 fully saturated rings. The van der Waals surface area contributed by atoms with Crippen molar-refractivity contribution < 1.29 is 19.1 Å². The summed E-state index contributed by atoms with van der Waals surface area (Å²) < 4.78 is 5.83. The lowest BCUT2D eigenvalue weighted by molar-refractivity contribution is -0.133. The second-order valence-electron chi connectivity index (χ2n) is 11.6. The van der Waals surface area contributed by atoms with Gasteiger partial charge in [-0.25, -0.2) is 4.79 Å². The SMILES string of the molecule is CCOc1ccc(CN(C)C)cc1NC(=O)[C@H](NC(=O)N1CCN(C(=O)C2CC2)CC1)[C@@H](C)c1c[nH]c2ccccc12. The number of H-pyrrole nitrogens is 1. The fourth-order valence-corrected chi connectivity index (χ4v) is 5.64. The maximum atomic E-state index is 14.0. The van der Waals surface area contributed by atoms with E-state index >= 15 is 0 Å². The van der Waals surface area contributed by atoms with E-state index in [-0.39, 0.29) is 29.7 Å². The highest BCUT2D eigenvalue weighted by atomic mass is 16.5. The molecule has 0 unspecified atom stereocenters. The highest BCUT2D eigenvalue weighted by molar-refractivity contribution is 5.99. The number of carbonyl (C=O) groups excluding carboxylic acids is 3. The Kier molecular flexibility index (Phi) is 9.01. The molecule has 10 heteroatoms. The van der Waals surface area contributed by atoms with Crippen molar-refractivity contribution in [1.29, 1.82) is 0 Å². The molecule has 0 bridgehead atoms. The van der Waals surface area contributed by atoms with E-state index in [0.29, 0.717) is 50.8 Å². The van der Waals surface area contributed by atoms with Gasteiger partial charge in [0.1, 0.15) is 11.8 Å². The monoisotopic (exact) mass is 574 g/mol. The molecule has 1 aliphatic heterocycles. The van der Waals surface area contributed by atoms with Crippen LogP contribution >= 0.6 is 0 Å². The third-order valence-corrected chi connectivity index (χ3v) is 8.08. The molecule has 3 aromatic rings. The number of nitrogens with one attached hydrogen (secondary N) is 3. The molecule has 0 spiro atoms. The molecule has 1 saturated heterocycles. The minimum atomic E-state index is -0.866. The summed E-state index contributed by atoms with van der Waals surface area (Å²) in [6.07, 6.45) is 3.84. The Labute approximate surface area is 247 Å². The number of aromatic nitrogens is 1. The van der Waals surface area contributed by atoms with Crippen LogP contribution in [0.5, 0.6) is 5.75 Å². The first-order valence-electron chi connectivity index (χ1n) is 14.9. The number of amides is 4. The number of hydrogen-bond donors (Lipinski definition) is 3. The molecular weight excluding hydrogens is 532 g/mol. The van der Waals surface area contributed by atoms with Crippen molar-refractivity contribution in [2.24, 2.45) is 5.92 Å². The van der Waals surface area contributed by atoms with Crippen molar-refractivity contribution >= 4 is 34.4 Å². The fourth-order valence-electron chi connectivity index (χ4n) is 5.64. The Balaban J connectivity index is 1.38. The number of aromatic amines is 1. The standard InChI is InChI=1S/C32H42N6O4/c1-5-42-28-13-10-22(20-36(3)4)18-27(28)34-30(39)29(21(2)25-19-33-26-9-7-6-8-24(25)26)35-32(41)38-16-14-37(15-17-38)31(40)23-11-12-23/h6-10,13,18-19,21,23,29,33H,5,11-12,14-17,20H2,1-4H3,(H,34,39)(H,35,41)/t21-,29+/m0/s1. The first kappa shape index (κ1) is 29.4. The number of piperazine rings is 1. The second-order valence-corrected chi connectivity index (χ2v) is 11.6. The molecule has 0 radical (unpaired) electrons. The first-order valence-corrected chi connectivity index (χ1v) is 14.9. The number of ether oxygens (including phenoxy) is 1. The largest absolute Gasteiger partial charge is 0.492 e. The zero-order chi connectivity index (χ0) is 29.8. The molecule has 2 aromatic carbocycles. The average Bonchev–Trinajstić information content (AvgIpc) is 3.74. The topological polar surface area (TPSA) is 110 Å². The quantitative estimate of drug-likeness (QED) is 0.339. The summed E-state index contributed by atoms with van der Waals surface area (Å²) in [5, 5.41) is 7.12. The molecule has 42 heavy (non-hydrogen) atoms. The van der Waals surface area contributed by atoms with Gasteiger partial charge in [0.15, 0.2) is 0 Å². The van der Waals surface area contributed by atoms with E-state index in [1.54, 1.807) is 4.90 Å². The minimum absolute atomic E-state index is 0.160. The second kappa shape index (κ2) is 12.9. The number of carbonyl (C=O) groups is 3. The van der Waals surface area contributed by atoms with Crippen molar-refractivity contribution in [2.45, 2.75) is 45.2 Å². The summed E-state index contributed by atoms with van der Waals surface area (Å²) in [5.74, 6) is 0.264. The number of rotatable bonds is 10. The molecule has 2 aliphatic rings. The van der Waals surface area contributed by atoms with Gasteiger partial charge in [-0.1, -0.05) is 31.2 Å². The predicted octanol–water partition coefficient (Wildman–Crippen LogP) is 4.00. The Hall–Kier alpha value is -4.05. The van der Waals surface area contributed by atoms with E-state index in [0.717, 1.165) is 34.9 Å². The lowest BCUT2D eigenvalue weighted by Crippen LogP contribution is -2.57. The van der Waals surface area contributed by atoms with E-state index < -0.39 is 6.04 Å². The molecule has 224 valence electrons. The summed E-state index contributed by atoms with van der Waals surface area (Å²) in [6.45, 7) is 6.90. The smallest absolute Gasteiger partial charge is 0.318 e. The Morgan fingerprint density at radius 3 is 2.45 bits per heavy atom. The highest BCUT2D eigenvalue weighted by Crippen LogP contribution is 2.32. The summed E-state index contributed by atoms with van der Waals surface area (Å²) >= 11 is 0. The molecule has 5 rings (SSSR count). The average molecular weight is 575 g/mol. The Morgan fingerprint density at radius 1 is 1.05 bits per heavy atom. The number of urea groups is 1. The lowest BCUT2D eigenvalue weighted by atomic mass is 9.92. The first-order chi connectivity index (χ1) is 20.2. The van der Waals surface area contributed by atoms with Gasteiger partial charge < -0.3 is 35.1 Å². The van der Waals surface area contributed by atoms with Gasteiger partial charge in [0.2, 0.25) is 11.8 Å². The molecule has 4 amide bonds. The van der Waals surface area contributed by atoms with Crippen LogP contribution in [0.15, 0.2) is 48.7 Å². The van der Waals surface area contributed by atoms with Crippen LogP contribution in [0.1, 0.15) is 43.7 Å². The molecule has 3 N–H and O–H groups in total. The highest BCUT2D eigenvalue weighted by Gasteiger charge is 2.36. The molecule has 1 saturated carbocycles. The molecule has 1 aromatic heterocycles. The van der Waals surface area contributed by atoms with Gasteiger partial charge in [0, 0.05) is 61.7 Å². The molecule has 2 heterocycles. The summed E-state index contributed by atoms with van der Waals surface area (Å²) in [5.41, 5.74) is 3.51. The minimum Gasteiger partial charge on any atom is -0.492 e. The van der Waals surface area contributed by atoms with Gasteiger partial charge in [-0.3, -0.25) is 9.59 Å². The van der Waals surface area contributed by atoms with Gasteiger partial charge >= 0.3 is 6.03 Å². The van der Waals surface area contributed by atoms with E-state index in [1.165, 1.54) is 0 Å². The predicted molar refractivity (Wildman–Crippen MR) is 164 cm³/mol. The van der Waals surface area contributed by atoms with Crippen molar-refractivity contribution in [3.63, 3.8) is 0 Å². The van der Waals surface area contributed by atoms with Crippen molar-refractivity contribution in [1.82, 2.24) is 25.0 Å². The summed E-state index contributed by atoms with van der Waals surface area (Å²) in [7, 11) is 3.98. The number of nitrogens with zero attached hydrogens (tertiary/aromatic N) is 3. The van der Waals surface area contributed by atoms with Crippen LogP contribution < -0.4 is 15.4 Å². The van der Waals surface area contributed by atoms with E-state index in [4.69, 9.17) is 4.74 Å². The van der Waals surface area contributed by atoms with Crippen molar-refractivity contribution in [3.05, 3.63) is 59.8 Å². The van der Waals surface area contributed by atoms with E-state index in [9.17, 15) is 14.4 Å². The van der Waals surface area contributed by atoms with Crippen LogP contribution in [0.4, 0.5) is 10.5 Å². The zero-order valence-corrected chi connectivity index (χ0v) is 25.0. The van der Waals surface area contributed by atoms with Gasteiger partial charge in [-0.05, 0) is 63.2 Å². The fraction of sp³-hybridized carbons (Fsp3) is 0.469. The number of fused-ring (bicyclic) bond motifs is 1. The molecular formula is C32H42N6O4. The zero-order valence-electron chi connectivity index (χ0n) is 25.0. The number of anilines is 1. The summed E-state index contributed by atoms with van der Waals surface area (Å²) in [4.78, 5) is 49.0. The van der Waals surface area contributed by atoms with Crippen molar-refractivity contribution in [3.8, 4) is 5.75 Å². The number of hydrogen-bond acceptors (Lipinski definition) is 5. The van der Waals surface area contributed by atoms with Crippen LogP contribution in [0.25, 0.3) is 10.9 Å². The molecule has 10 nitrogen and oxygen atoms in total. The van der Waals surface area contributed by atoms with E-state index in [2.05, 4.69) is 20.5 Å². The maximum Gasteiger partial charge on any atom is 0.318 e. The van der Waals surface area contributed by atoms with Crippen LogP contribution in [-0.4, -0.2) is 90.5 Å². The Bertz CT molecular complexity index is 1420. The van der Waals surface area contributed by atoms with Crippen LogP contribution in [0.2, 0.25) is 0 Å². The third kappa shape index (κ3) is 6.70. The maximum absolute atomic E-state index is 14.0. The lowest BCUT2D eigenvalue weighted by Gasteiger charge is -2.36. The van der Waals surface area contributed by atoms with Gasteiger partial charge in [0.05, 0.1) is 12.3 Å². The van der Waals surface area contributed by atoms with E-state index in [1.807, 2.05) is 81.5 Å². The van der Waals surface area contributed by atoms with Gasteiger partial charge in [-0.2, -0.15) is 0 Å². The third-order valence-electron chi connectivity index (χ3n) is 8.08. The van der Waals surface area contributed by atoms with Gasteiger partial charge in [-0.15, -0.1) is 0 Å². The molecule has 2 atom stereocenters. The Morgan fingerprint density at radius 2 is 1.76 bits per heavy atom. The normalized spacial score (nSPS) is 16.8. The molecule has 1 aliphatic carbocycles. The van der Waals surface area contributed by atoms with Crippen LogP contribution in [0, 0.1) is 5.92 Å². The van der Waals surface area contributed by atoms with Crippen molar-refractivity contribution in [2.75, 3.05) is 52.2 Å².